The van der Waals surface area contributed by atoms with Crippen LogP contribution in [0.15, 0.2) is 24.3 Å². The minimum atomic E-state index is -0.397. The molecule has 2 aromatic carbocycles. The van der Waals surface area contributed by atoms with Gasteiger partial charge in [0, 0.05) is 0 Å². The number of phenolic OH excluding ortho intramolecular Hbond substituents is 2. The maximum Gasteiger partial charge on any atom is 0.494 e. The molecular weight excluding hydrogens is 323 g/mol. The summed E-state index contributed by atoms with van der Waals surface area (Å²) in [6, 6.07) is 8.00. The highest BCUT2D eigenvalue weighted by atomic mass is 16.7. The minimum absolute atomic E-state index is 0.0439. The van der Waals surface area contributed by atoms with Gasteiger partial charge in [0.25, 0.3) is 0 Å². The molecule has 132 valence electrons. The van der Waals surface area contributed by atoms with E-state index in [1.54, 1.807) is 0 Å². The largest absolute Gasteiger partial charge is 0.505 e. The summed E-state index contributed by atoms with van der Waals surface area (Å²) < 4.78 is 12.2. The number of benzene rings is 2. The number of hydrogen-bond acceptors (Lipinski definition) is 4. The fourth-order valence-electron chi connectivity index (χ4n) is 3.34. The number of rotatable bonds is 2. The van der Waals surface area contributed by atoms with Crippen molar-refractivity contribution in [3.05, 3.63) is 24.3 Å². The van der Waals surface area contributed by atoms with Crippen molar-refractivity contribution in [1.82, 2.24) is 0 Å². The van der Waals surface area contributed by atoms with Crippen molar-refractivity contribution in [2.24, 2.45) is 0 Å². The summed E-state index contributed by atoms with van der Waals surface area (Å²) in [6.07, 6.45) is 0. The average molecular weight is 348 g/mol. The second-order valence-electron chi connectivity index (χ2n) is 8.16. The molecule has 8 heteroatoms. The normalized spacial score (nSPS) is 18.2. The fraction of sp³-hybridized carbons (Fsp3) is 0.333. The van der Waals surface area contributed by atoms with Crippen LogP contribution in [0, 0.1) is 0 Å². The van der Waals surface area contributed by atoms with Gasteiger partial charge in [-0.15, -0.1) is 0 Å². The van der Waals surface area contributed by atoms with E-state index in [2.05, 4.69) is 0 Å². The molecule has 1 saturated heterocycles. The van der Waals surface area contributed by atoms with Crippen LogP contribution in [0.3, 0.4) is 0 Å². The highest BCUT2D eigenvalue weighted by Crippen LogP contribution is 2.36. The summed E-state index contributed by atoms with van der Waals surface area (Å²) in [5.74, 6) is -0.101. The Bertz CT molecular complexity index is 817. The third kappa shape index (κ3) is 2.85. The van der Waals surface area contributed by atoms with Crippen molar-refractivity contribution in [3.8, 4) is 22.6 Å². The molecule has 0 amide bonds. The van der Waals surface area contributed by atoms with Crippen molar-refractivity contribution in [1.29, 1.82) is 0 Å². The van der Waals surface area contributed by atoms with Gasteiger partial charge in [-0.3, -0.25) is 0 Å². The molecule has 0 atom stereocenters. The van der Waals surface area contributed by atoms with Crippen LogP contribution in [0.4, 0.5) is 0 Å². The first-order valence-electron chi connectivity index (χ1n) is 8.94. The zero-order valence-electron chi connectivity index (χ0n) is 16.6. The lowest BCUT2D eigenvalue weighted by Gasteiger charge is -2.32. The van der Waals surface area contributed by atoms with Crippen molar-refractivity contribution in [2.75, 3.05) is 0 Å². The van der Waals surface area contributed by atoms with Gasteiger partial charge in [0.05, 0.1) is 11.2 Å². The number of phenols is 2. The van der Waals surface area contributed by atoms with E-state index in [1.165, 1.54) is 0 Å². The van der Waals surface area contributed by atoms with Crippen molar-refractivity contribution in [2.45, 2.75) is 38.9 Å². The summed E-state index contributed by atoms with van der Waals surface area (Å²) in [6.45, 7) is 8.15. The Kier molecular flexibility index (Phi) is 4.48. The van der Waals surface area contributed by atoms with E-state index in [0.717, 1.165) is 22.1 Å². The van der Waals surface area contributed by atoms with E-state index in [-0.39, 0.29) is 22.7 Å². The lowest BCUT2D eigenvalue weighted by molar-refractivity contribution is 0.00578. The first-order chi connectivity index (χ1) is 12.0. The molecule has 0 aromatic heterocycles. The Hall–Kier alpha value is -1.78. The van der Waals surface area contributed by atoms with Crippen LogP contribution in [-0.2, 0) is 9.31 Å². The van der Waals surface area contributed by atoms with E-state index in [4.69, 9.17) is 9.31 Å². The monoisotopic (exact) mass is 348 g/mol. The van der Waals surface area contributed by atoms with Crippen LogP contribution in [0.1, 0.15) is 27.7 Å². The Morgan fingerprint density at radius 3 is 1.73 bits per heavy atom. The summed E-state index contributed by atoms with van der Waals surface area (Å²) >= 11 is 0. The predicted octanol–water partition coefficient (Wildman–Crippen LogP) is -2.16. The first kappa shape index (κ1) is 19.0. The minimum Gasteiger partial charge on any atom is -0.505 e. The van der Waals surface area contributed by atoms with E-state index < -0.39 is 7.12 Å². The summed E-state index contributed by atoms with van der Waals surface area (Å²) in [5, 5.41) is 20.2. The highest BCUT2D eigenvalue weighted by Gasteiger charge is 2.51. The third-order valence-electron chi connectivity index (χ3n) is 5.97. The van der Waals surface area contributed by atoms with Gasteiger partial charge >= 0.3 is 7.12 Å². The molecule has 2 aromatic rings. The van der Waals surface area contributed by atoms with Crippen LogP contribution >= 0.6 is 0 Å². The maximum atomic E-state index is 10.2. The van der Waals surface area contributed by atoms with Crippen LogP contribution in [0.25, 0.3) is 11.1 Å². The van der Waals surface area contributed by atoms with Gasteiger partial charge in [-0.05, 0) is 55.2 Å². The Morgan fingerprint density at radius 2 is 1.23 bits per heavy atom. The molecule has 2 N–H and O–H groups in total. The summed E-state index contributed by atoms with van der Waals surface area (Å²) in [5.41, 5.74) is 4.47. The molecule has 26 heavy (non-hydrogen) atoms. The Labute approximate surface area is 158 Å². The molecule has 0 aliphatic carbocycles. The van der Waals surface area contributed by atoms with Crippen LogP contribution in [0.2, 0.25) is 0 Å². The molecule has 4 nitrogen and oxygen atoms in total. The number of aromatic hydroxyl groups is 2. The van der Waals surface area contributed by atoms with Crippen LogP contribution < -0.4 is 21.9 Å². The average Bonchev–Trinajstić information content (AvgIpc) is 2.80. The third-order valence-corrected chi connectivity index (χ3v) is 5.97. The molecule has 0 unspecified atom stereocenters. The molecule has 1 aliphatic rings. The topological polar surface area (TPSA) is 58.9 Å². The SMILES string of the molecule is Bc1c(B)c(-c2ccc(B3OC(C)(C)C(C)(C)O3)cc2)c(B)c(O)c1O. The van der Waals surface area contributed by atoms with Crippen molar-refractivity contribution < 1.29 is 19.5 Å². The molecule has 0 spiro atoms. The zero-order valence-corrected chi connectivity index (χ0v) is 16.6. The highest BCUT2D eigenvalue weighted by molar-refractivity contribution is 6.62. The standard InChI is InChI=1S/C18H24B4O4/c1-17(2)18(3,4)26-22(25-17)10-7-5-9(6-8-10)11-12(19)14(21)16(24)15(23)13(11)20/h5-8,23-24H,19-21H2,1-4H3. The van der Waals surface area contributed by atoms with Crippen molar-refractivity contribution >= 4 is 52.5 Å². The Morgan fingerprint density at radius 1 is 0.769 bits per heavy atom. The molecular formula is C18H24B4O4. The first-order valence-corrected chi connectivity index (χ1v) is 8.94. The van der Waals surface area contributed by atoms with Gasteiger partial charge < -0.3 is 19.5 Å². The van der Waals surface area contributed by atoms with E-state index in [0.29, 0.717) is 10.9 Å². The van der Waals surface area contributed by atoms with Gasteiger partial charge in [0.2, 0.25) is 0 Å². The fourth-order valence-corrected chi connectivity index (χ4v) is 3.34. The molecule has 0 saturated carbocycles. The molecule has 1 heterocycles. The molecule has 1 fully saturated rings. The molecule has 1 aliphatic heterocycles. The van der Waals surface area contributed by atoms with E-state index in [1.807, 2.05) is 75.5 Å². The van der Waals surface area contributed by atoms with Gasteiger partial charge in [-0.2, -0.15) is 0 Å². The predicted molar refractivity (Wildman–Crippen MR) is 115 cm³/mol. The summed E-state index contributed by atoms with van der Waals surface area (Å²) in [4.78, 5) is 0. The zero-order chi connectivity index (χ0) is 19.4. The lowest BCUT2D eigenvalue weighted by atomic mass is 9.69. The van der Waals surface area contributed by atoms with Gasteiger partial charge in [0.15, 0.2) is 5.75 Å². The lowest BCUT2D eigenvalue weighted by Crippen LogP contribution is -2.41. The van der Waals surface area contributed by atoms with Gasteiger partial charge in [-0.25, -0.2) is 0 Å². The molecule has 0 radical (unpaired) electrons. The van der Waals surface area contributed by atoms with Gasteiger partial charge in [-0.1, -0.05) is 29.7 Å². The molecule has 0 bridgehead atoms. The second kappa shape index (κ2) is 6.14. The molecule has 3 rings (SSSR count). The van der Waals surface area contributed by atoms with Gasteiger partial charge in [0.1, 0.15) is 29.3 Å². The van der Waals surface area contributed by atoms with Crippen LogP contribution in [0.5, 0.6) is 11.5 Å². The smallest absolute Gasteiger partial charge is 0.494 e. The van der Waals surface area contributed by atoms with Crippen molar-refractivity contribution in [3.63, 3.8) is 0 Å². The maximum absolute atomic E-state index is 10.2. The van der Waals surface area contributed by atoms with E-state index >= 15 is 0 Å². The van der Waals surface area contributed by atoms with E-state index in [9.17, 15) is 10.2 Å². The Balaban J connectivity index is 1.98. The quantitative estimate of drug-likeness (QED) is 0.480. The second-order valence-corrected chi connectivity index (χ2v) is 8.16. The summed E-state index contributed by atoms with van der Waals surface area (Å²) in [7, 11) is 5.19. The number of hydrogen-bond donors (Lipinski definition) is 2. The van der Waals surface area contributed by atoms with Crippen LogP contribution in [-0.4, -0.2) is 52.1 Å².